The molecule has 0 spiro atoms. The molecule has 1 aromatic carbocycles. The van der Waals surface area contributed by atoms with E-state index in [2.05, 4.69) is 5.10 Å². The van der Waals surface area contributed by atoms with Crippen molar-refractivity contribution in [1.82, 2.24) is 14.7 Å². The number of aromatic nitrogens is 2. The second-order valence-electron chi connectivity index (χ2n) is 6.65. The predicted octanol–water partition coefficient (Wildman–Crippen LogP) is 2.37. The van der Waals surface area contributed by atoms with Crippen LogP contribution in [0.5, 0.6) is 0 Å². The van der Waals surface area contributed by atoms with Crippen LogP contribution in [0.25, 0.3) is 5.69 Å². The van der Waals surface area contributed by atoms with Gasteiger partial charge in [0.05, 0.1) is 17.8 Å². The third-order valence-electron chi connectivity index (χ3n) is 4.90. The SMILES string of the molecule is Cc1nn(-c2ccccc2)c(C)c1CC(=O)N1CCC[C@H](N)CC1. The molecule has 2 heterocycles. The highest BCUT2D eigenvalue weighted by Crippen LogP contribution is 2.20. The number of benzene rings is 1. The smallest absolute Gasteiger partial charge is 0.227 e. The minimum absolute atomic E-state index is 0.183. The molecule has 0 aliphatic carbocycles. The summed E-state index contributed by atoms with van der Waals surface area (Å²) in [7, 11) is 0. The maximum Gasteiger partial charge on any atom is 0.227 e. The van der Waals surface area contributed by atoms with Crippen LogP contribution in [0.2, 0.25) is 0 Å². The summed E-state index contributed by atoms with van der Waals surface area (Å²) in [6.45, 7) is 5.60. The molecule has 1 atom stereocenters. The van der Waals surface area contributed by atoms with Crippen molar-refractivity contribution in [3.8, 4) is 5.69 Å². The van der Waals surface area contributed by atoms with Gasteiger partial charge in [0.25, 0.3) is 0 Å². The van der Waals surface area contributed by atoms with Gasteiger partial charge in [-0.25, -0.2) is 4.68 Å². The third kappa shape index (κ3) is 3.51. The van der Waals surface area contributed by atoms with Crippen molar-refractivity contribution in [3.05, 3.63) is 47.3 Å². The fourth-order valence-corrected chi connectivity index (χ4v) is 3.39. The van der Waals surface area contributed by atoms with E-state index in [4.69, 9.17) is 5.73 Å². The number of likely N-dealkylation sites (tertiary alicyclic amines) is 1. The monoisotopic (exact) mass is 326 g/mol. The fourth-order valence-electron chi connectivity index (χ4n) is 3.39. The van der Waals surface area contributed by atoms with Crippen molar-refractivity contribution < 1.29 is 4.79 Å². The van der Waals surface area contributed by atoms with Gasteiger partial charge in [0.15, 0.2) is 0 Å². The second-order valence-corrected chi connectivity index (χ2v) is 6.65. The van der Waals surface area contributed by atoms with Crippen molar-refractivity contribution in [1.29, 1.82) is 0 Å². The van der Waals surface area contributed by atoms with Gasteiger partial charge in [-0.15, -0.1) is 0 Å². The van der Waals surface area contributed by atoms with Crippen molar-refractivity contribution >= 4 is 5.91 Å². The summed E-state index contributed by atoms with van der Waals surface area (Å²) in [5.74, 6) is 0.183. The Morgan fingerprint density at radius 1 is 1.21 bits per heavy atom. The lowest BCUT2D eigenvalue weighted by Gasteiger charge is -2.20. The van der Waals surface area contributed by atoms with E-state index < -0.39 is 0 Å². The molecule has 3 rings (SSSR count). The molecule has 1 saturated heterocycles. The summed E-state index contributed by atoms with van der Waals surface area (Å²) < 4.78 is 1.93. The number of nitrogens with two attached hydrogens (primary N) is 1. The van der Waals surface area contributed by atoms with Gasteiger partial charge in [0.2, 0.25) is 5.91 Å². The average Bonchev–Trinajstić information content (AvgIpc) is 2.76. The second kappa shape index (κ2) is 7.18. The predicted molar refractivity (Wildman–Crippen MR) is 95.1 cm³/mol. The number of hydrogen-bond donors (Lipinski definition) is 1. The number of carbonyl (C=O) groups is 1. The molecule has 128 valence electrons. The van der Waals surface area contributed by atoms with Gasteiger partial charge in [-0.3, -0.25) is 4.79 Å². The molecule has 24 heavy (non-hydrogen) atoms. The molecular formula is C19H26N4O. The van der Waals surface area contributed by atoms with Crippen molar-refractivity contribution in [3.63, 3.8) is 0 Å². The van der Waals surface area contributed by atoms with Crippen LogP contribution >= 0.6 is 0 Å². The van der Waals surface area contributed by atoms with Crippen LogP contribution < -0.4 is 5.73 Å². The molecule has 0 radical (unpaired) electrons. The summed E-state index contributed by atoms with van der Waals surface area (Å²) >= 11 is 0. The largest absolute Gasteiger partial charge is 0.342 e. The number of amides is 1. The van der Waals surface area contributed by atoms with Gasteiger partial charge in [-0.2, -0.15) is 5.10 Å². The zero-order valence-electron chi connectivity index (χ0n) is 14.5. The molecule has 2 N–H and O–H groups in total. The first-order chi connectivity index (χ1) is 11.6. The van der Waals surface area contributed by atoms with E-state index in [0.29, 0.717) is 6.42 Å². The van der Waals surface area contributed by atoms with Gasteiger partial charge in [-0.05, 0) is 45.2 Å². The highest BCUT2D eigenvalue weighted by atomic mass is 16.2. The Labute approximate surface area is 143 Å². The van der Waals surface area contributed by atoms with Gasteiger partial charge >= 0.3 is 0 Å². The van der Waals surface area contributed by atoms with E-state index in [9.17, 15) is 4.79 Å². The van der Waals surface area contributed by atoms with Crippen LogP contribution in [0.1, 0.15) is 36.2 Å². The number of hydrogen-bond acceptors (Lipinski definition) is 3. The lowest BCUT2D eigenvalue weighted by atomic mass is 10.1. The third-order valence-corrected chi connectivity index (χ3v) is 4.90. The quantitative estimate of drug-likeness (QED) is 0.942. The van der Waals surface area contributed by atoms with E-state index in [-0.39, 0.29) is 11.9 Å². The van der Waals surface area contributed by atoms with Crippen LogP contribution in [0, 0.1) is 13.8 Å². The summed E-state index contributed by atoms with van der Waals surface area (Å²) in [5, 5.41) is 4.64. The summed E-state index contributed by atoms with van der Waals surface area (Å²) in [5.41, 5.74) is 10.0. The molecule has 1 aromatic heterocycles. The molecule has 1 aliphatic rings. The summed E-state index contributed by atoms with van der Waals surface area (Å²) in [6, 6.07) is 10.3. The first-order valence-corrected chi connectivity index (χ1v) is 8.70. The van der Waals surface area contributed by atoms with E-state index in [1.54, 1.807) is 0 Å². The minimum atomic E-state index is 0.183. The van der Waals surface area contributed by atoms with Gasteiger partial charge < -0.3 is 10.6 Å². The number of carbonyl (C=O) groups excluding carboxylic acids is 1. The molecule has 1 fully saturated rings. The maximum absolute atomic E-state index is 12.7. The van der Waals surface area contributed by atoms with Crippen LogP contribution in [0.3, 0.4) is 0 Å². The highest BCUT2D eigenvalue weighted by Gasteiger charge is 2.22. The molecule has 0 bridgehead atoms. The standard InChI is InChI=1S/C19H26N4O/c1-14-18(13-19(24)22-11-6-7-16(20)10-12-22)15(2)23(21-14)17-8-4-3-5-9-17/h3-5,8-9,16H,6-7,10-13,20H2,1-2H3/t16-/m0/s1. The summed E-state index contributed by atoms with van der Waals surface area (Å²) in [4.78, 5) is 14.7. The van der Waals surface area contributed by atoms with Crippen molar-refractivity contribution in [2.75, 3.05) is 13.1 Å². The number of rotatable bonds is 3. The first-order valence-electron chi connectivity index (χ1n) is 8.70. The van der Waals surface area contributed by atoms with Gasteiger partial charge in [0, 0.05) is 30.4 Å². The molecular weight excluding hydrogens is 300 g/mol. The Kier molecular flexibility index (Phi) is 5.00. The first kappa shape index (κ1) is 16.7. The molecule has 0 unspecified atom stereocenters. The Morgan fingerprint density at radius 3 is 2.71 bits per heavy atom. The van der Waals surface area contributed by atoms with Crippen LogP contribution in [-0.2, 0) is 11.2 Å². The fraction of sp³-hybridized carbons (Fsp3) is 0.474. The number of nitrogens with zero attached hydrogens (tertiary/aromatic N) is 3. The molecule has 1 aliphatic heterocycles. The zero-order valence-corrected chi connectivity index (χ0v) is 14.5. The maximum atomic E-state index is 12.7. The molecule has 2 aromatic rings. The Bertz CT molecular complexity index is 708. The molecule has 0 saturated carbocycles. The van der Waals surface area contributed by atoms with Gasteiger partial charge in [-0.1, -0.05) is 18.2 Å². The van der Waals surface area contributed by atoms with E-state index >= 15 is 0 Å². The summed E-state index contributed by atoms with van der Waals surface area (Å²) in [6.07, 6.45) is 3.31. The molecule has 5 heteroatoms. The lowest BCUT2D eigenvalue weighted by Crippen LogP contribution is -2.34. The number of para-hydroxylation sites is 1. The Morgan fingerprint density at radius 2 is 1.96 bits per heavy atom. The normalized spacial score (nSPS) is 18.5. The van der Waals surface area contributed by atoms with Crippen molar-refractivity contribution in [2.45, 2.75) is 45.6 Å². The van der Waals surface area contributed by atoms with Crippen LogP contribution in [0.15, 0.2) is 30.3 Å². The average molecular weight is 326 g/mol. The van der Waals surface area contributed by atoms with Crippen molar-refractivity contribution in [2.24, 2.45) is 5.73 Å². The highest BCUT2D eigenvalue weighted by molar-refractivity contribution is 5.79. The minimum Gasteiger partial charge on any atom is -0.342 e. The molecule has 5 nitrogen and oxygen atoms in total. The van der Waals surface area contributed by atoms with Crippen LogP contribution in [0.4, 0.5) is 0 Å². The number of aryl methyl sites for hydroxylation is 1. The lowest BCUT2D eigenvalue weighted by molar-refractivity contribution is -0.130. The van der Waals surface area contributed by atoms with E-state index in [1.807, 2.05) is 53.8 Å². The van der Waals surface area contributed by atoms with Gasteiger partial charge in [0.1, 0.15) is 0 Å². The zero-order chi connectivity index (χ0) is 17.1. The Hall–Kier alpha value is -2.14. The Balaban J connectivity index is 1.78. The van der Waals surface area contributed by atoms with Crippen LogP contribution in [-0.4, -0.2) is 39.7 Å². The topological polar surface area (TPSA) is 64.2 Å². The molecule has 1 amide bonds. The van der Waals surface area contributed by atoms with E-state index in [0.717, 1.165) is 55.0 Å². The van der Waals surface area contributed by atoms with E-state index in [1.165, 1.54) is 0 Å².